The summed E-state index contributed by atoms with van der Waals surface area (Å²) < 4.78 is 5.63. The molecule has 0 aliphatic rings. The Morgan fingerprint density at radius 2 is 1.95 bits per heavy atom. The largest absolute Gasteiger partial charge is 0.493 e. The molecular weight excluding hydrogens is 250 g/mol. The number of nitrogens with two attached hydrogens (primary N) is 1. The number of benzene rings is 1. The standard InChI is InChI=1S/C16H21N3O/c1-4-20-14-8-6-5-7-13(14)16-18-12(9-11(2)3)10-15(17)19-16/h5-8,10-11H,4,9H2,1-3H3,(H2,17,18,19). The number of hydrogen-bond donors (Lipinski definition) is 1. The number of ether oxygens (including phenoxy) is 1. The van der Waals surface area contributed by atoms with Gasteiger partial charge in [-0.3, -0.25) is 0 Å². The van der Waals surface area contributed by atoms with Crippen LogP contribution in [-0.2, 0) is 6.42 Å². The minimum atomic E-state index is 0.497. The van der Waals surface area contributed by atoms with Crippen molar-refractivity contribution < 1.29 is 4.74 Å². The first-order valence-corrected chi connectivity index (χ1v) is 6.95. The van der Waals surface area contributed by atoms with Gasteiger partial charge in [-0.2, -0.15) is 0 Å². The van der Waals surface area contributed by atoms with E-state index in [4.69, 9.17) is 10.5 Å². The van der Waals surface area contributed by atoms with Crippen molar-refractivity contribution in [3.8, 4) is 17.1 Å². The predicted octanol–water partition coefficient (Wildman–Crippen LogP) is 3.32. The molecule has 0 radical (unpaired) electrons. The quantitative estimate of drug-likeness (QED) is 0.906. The molecule has 2 aromatic rings. The van der Waals surface area contributed by atoms with Crippen LogP contribution in [0, 0.1) is 5.92 Å². The summed E-state index contributed by atoms with van der Waals surface area (Å²) in [6.07, 6.45) is 0.885. The molecule has 2 N–H and O–H groups in total. The van der Waals surface area contributed by atoms with Gasteiger partial charge in [0.1, 0.15) is 11.6 Å². The van der Waals surface area contributed by atoms with Crippen LogP contribution in [0.5, 0.6) is 5.75 Å². The zero-order valence-electron chi connectivity index (χ0n) is 12.3. The van der Waals surface area contributed by atoms with Gasteiger partial charge in [0.05, 0.1) is 12.2 Å². The molecule has 0 aliphatic heterocycles. The maximum Gasteiger partial charge on any atom is 0.165 e. The summed E-state index contributed by atoms with van der Waals surface area (Å²) in [5.74, 6) is 2.44. The maximum atomic E-state index is 5.90. The van der Waals surface area contributed by atoms with Gasteiger partial charge in [-0.1, -0.05) is 26.0 Å². The van der Waals surface area contributed by atoms with Gasteiger partial charge in [0.25, 0.3) is 0 Å². The lowest BCUT2D eigenvalue weighted by molar-refractivity contribution is 0.341. The minimum absolute atomic E-state index is 0.497. The zero-order chi connectivity index (χ0) is 14.5. The van der Waals surface area contributed by atoms with E-state index in [0.29, 0.717) is 24.2 Å². The fourth-order valence-electron chi connectivity index (χ4n) is 2.09. The molecular formula is C16H21N3O. The fraction of sp³-hybridized carbons (Fsp3) is 0.375. The van der Waals surface area contributed by atoms with Crippen LogP contribution < -0.4 is 10.5 Å². The monoisotopic (exact) mass is 271 g/mol. The highest BCUT2D eigenvalue weighted by Crippen LogP contribution is 2.28. The Morgan fingerprint density at radius 1 is 1.20 bits per heavy atom. The van der Waals surface area contributed by atoms with Crippen LogP contribution in [0.1, 0.15) is 26.5 Å². The van der Waals surface area contributed by atoms with E-state index in [1.54, 1.807) is 0 Å². The fourth-order valence-corrected chi connectivity index (χ4v) is 2.09. The molecule has 0 spiro atoms. The molecule has 1 aromatic heterocycles. The Labute approximate surface area is 120 Å². The van der Waals surface area contributed by atoms with E-state index < -0.39 is 0 Å². The Balaban J connectivity index is 2.44. The number of para-hydroxylation sites is 1. The number of nitrogen functional groups attached to an aromatic ring is 1. The van der Waals surface area contributed by atoms with E-state index in [-0.39, 0.29) is 0 Å². The maximum absolute atomic E-state index is 5.90. The topological polar surface area (TPSA) is 61.0 Å². The van der Waals surface area contributed by atoms with Crippen molar-refractivity contribution in [1.29, 1.82) is 0 Å². The third kappa shape index (κ3) is 3.47. The molecule has 0 unspecified atom stereocenters. The normalized spacial score (nSPS) is 10.8. The van der Waals surface area contributed by atoms with Crippen LogP contribution in [0.15, 0.2) is 30.3 Å². The Morgan fingerprint density at radius 3 is 2.65 bits per heavy atom. The summed E-state index contributed by atoms with van der Waals surface area (Å²) in [5.41, 5.74) is 7.75. The molecule has 0 bridgehead atoms. The van der Waals surface area contributed by atoms with Crippen molar-refractivity contribution in [2.24, 2.45) is 5.92 Å². The first-order chi connectivity index (χ1) is 9.60. The molecule has 0 fully saturated rings. The van der Waals surface area contributed by atoms with Crippen LogP contribution in [0.2, 0.25) is 0 Å². The highest BCUT2D eigenvalue weighted by Gasteiger charge is 2.11. The van der Waals surface area contributed by atoms with Crippen molar-refractivity contribution in [3.63, 3.8) is 0 Å². The summed E-state index contributed by atoms with van der Waals surface area (Å²) in [6.45, 7) is 6.89. The average molecular weight is 271 g/mol. The molecule has 20 heavy (non-hydrogen) atoms. The van der Waals surface area contributed by atoms with Gasteiger partial charge in [-0.25, -0.2) is 9.97 Å². The summed E-state index contributed by atoms with van der Waals surface area (Å²) in [5, 5.41) is 0. The molecule has 0 aliphatic carbocycles. The summed E-state index contributed by atoms with van der Waals surface area (Å²) in [4.78, 5) is 8.96. The number of nitrogens with zero attached hydrogens (tertiary/aromatic N) is 2. The minimum Gasteiger partial charge on any atom is -0.493 e. The second-order valence-electron chi connectivity index (χ2n) is 5.13. The molecule has 0 saturated carbocycles. The predicted molar refractivity (Wildman–Crippen MR) is 81.6 cm³/mol. The lowest BCUT2D eigenvalue weighted by Crippen LogP contribution is -2.04. The van der Waals surface area contributed by atoms with Crippen LogP contribution in [0.25, 0.3) is 11.4 Å². The number of aromatic nitrogens is 2. The van der Waals surface area contributed by atoms with Crippen molar-refractivity contribution in [2.75, 3.05) is 12.3 Å². The number of hydrogen-bond acceptors (Lipinski definition) is 4. The number of rotatable bonds is 5. The first-order valence-electron chi connectivity index (χ1n) is 6.95. The zero-order valence-corrected chi connectivity index (χ0v) is 12.3. The molecule has 4 nitrogen and oxygen atoms in total. The van der Waals surface area contributed by atoms with E-state index in [1.807, 2.05) is 37.3 Å². The molecule has 0 amide bonds. The van der Waals surface area contributed by atoms with E-state index >= 15 is 0 Å². The number of anilines is 1. The van der Waals surface area contributed by atoms with Crippen LogP contribution in [0.4, 0.5) is 5.82 Å². The summed E-state index contributed by atoms with van der Waals surface area (Å²) >= 11 is 0. The highest BCUT2D eigenvalue weighted by molar-refractivity contribution is 5.65. The molecule has 1 heterocycles. The molecule has 0 atom stereocenters. The lowest BCUT2D eigenvalue weighted by Gasteiger charge is -2.11. The molecule has 1 aromatic carbocycles. The van der Waals surface area contributed by atoms with Gasteiger partial charge in [-0.15, -0.1) is 0 Å². The highest BCUT2D eigenvalue weighted by atomic mass is 16.5. The van der Waals surface area contributed by atoms with Gasteiger partial charge in [-0.05, 0) is 31.4 Å². The van der Waals surface area contributed by atoms with Gasteiger partial charge >= 0.3 is 0 Å². The van der Waals surface area contributed by atoms with E-state index in [9.17, 15) is 0 Å². The summed E-state index contributed by atoms with van der Waals surface area (Å²) in [7, 11) is 0. The third-order valence-corrected chi connectivity index (χ3v) is 2.84. The van der Waals surface area contributed by atoms with Crippen molar-refractivity contribution in [2.45, 2.75) is 27.2 Å². The van der Waals surface area contributed by atoms with Crippen molar-refractivity contribution in [3.05, 3.63) is 36.0 Å². The molecule has 106 valence electrons. The van der Waals surface area contributed by atoms with Crippen molar-refractivity contribution >= 4 is 5.82 Å². The van der Waals surface area contributed by atoms with E-state index in [2.05, 4.69) is 23.8 Å². The van der Waals surface area contributed by atoms with Gasteiger partial charge in [0.2, 0.25) is 0 Å². The van der Waals surface area contributed by atoms with Gasteiger partial charge in [0, 0.05) is 11.8 Å². The Kier molecular flexibility index (Phi) is 4.56. The van der Waals surface area contributed by atoms with Crippen LogP contribution >= 0.6 is 0 Å². The molecule has 0 saturated heterocycles. The Hall–Kier alpha value is -2.10. The van der Waals surface area contributed by atoms with Gasteiger partial charge < -0.3 is 10.5 Å². The van der Waals surface area contributed by atoms with Crippen molar-refractivity contribution in [1.82, 2.24) is 9.97 Å². The first kappa shape index (κ1) is 14.3. The van der Waals surface area contributed by atoms with Gasteiger partial charge in [0.15, 0.2) is 5.82 Å². The third-order valence-electron chi connectivity index (χ3n) is 2.84. The molecule has 2 rings (SSSR count). The van der Waals surface area contributed by atoms with E-state index in [1.165, 1.54) is 0 Å². The van der Waals surface area contributed by atoms with Crippen LogP contribution in [-0.4, -0.2) is 16.6 Å². The van der Waals surface area contributed by atoms with Crippen LogP contribution in [0.3, 0.4) is 0 Å². The Bertz CT molecular complexity index is 582. The summed E-state index contributed by atoms with van der Waals surface area (Å²) in [6, 6.07) is 9.61. The second kappa shape index (κ2) is 6.37. The second-order valence-corrected chi connectivity index (χ2v) is 5.13. The van der Waals surface area contributed by atoms with E-state index in [0.717, 1.165) is 23.4 Å². The SMILES string of the molecule is CCOc1ccccc1-c1nc(N)cc(CC(C)C)n1. The smallest absolute Gasteiger partial charge is 0.165 e. The average Bonchev–Trinajstić information content (AvgIpc) is 2.38. The lowest BCUT2D eigenvalue weighted by atomic mass is 10.1. The molecule has 4 heteroatoms.